The van der Waals surface area contributed by atoms with E-state index in [2.05, 4.69) is 11.8 Å². The second kappa shape index (κ2) is 8.15. The topological polar surface area (TPSA) is 49.6 Å². The minimum Gasteiger partial charge on any atom is -0.336 e. The van der Waals surface area contributed by atoms with Gasteiger partial charge in [0.15, 0.2) is 0 Å². The Kier molecular flexibility index (Phi) is 6.85. The summed E-state index contributed by atoms with van der Waals surface area (Å²) in [6.07, 6.45) is 1.62. The lowest BCUT2D eigenvalue weighted by molar-refractivity contribution is -0.137. The van der Waals surface area contributed by atoms with E-state index in [1.807, 2.05) is 56.3 Å². The van der Waals surface area contributed by atoms with Crippen molar-refractivity contribution in [2.24, 2.45) is 5.73 Å². The van der Waals surface area contributed by atoms with Gasteiger partial charge >= 0.3 is 0 Å². The molecule has 4 heteroatoms. The smallest absolute Gasteiger partial charge is 0.242 e. The molecule has 0 fully saturated rings. The maximum absolute atomic E-state index is 12.8. The summed E-state index contributed by atoms with van der Waals surface area (Å²) < 4.78 is 0. The van der Waals surface area contributed by atoms with Gasteiger partial charge in [0.05, 0.1) is 5.54 Å². The van der Waals surface area contributed by atoms with E-state index in [1.165, 1.54) is 0 Å². The predicted molar refractivity (Wildman–Crippen MR) is 87.9 cm³/mol. The largest absolute Gasteiger partial charge is 0.336 e. The van der Waals surface area contributed by atoms with Crippen LogP contribution in [0.5, 0.6) is 0 Å². The number of hydrogen-bond acceptors (Lipinski definition) is 3. The average molecular weight is 291 g/mol. The van der Waals surface area contributed by atoms with Crippen LogP contribution in [0, 0.1) is 0 Å². The van der Waals surface area contributed by atoms with Gasteiger partial charge in [0, 0.05) is 19.6 Å². The number of rotatable bonds is 8. The second-order valence-corrected chi connectivity index (χ2v) is 6.18. The third-order valence-electron chi connectivity index (χ3n) is 3.58. The number of carbonyl (C=O) groups excluding carboxylic acids is 1. The molecule has 1 rings (SSSR count). The van der Waals surface area contributed by atoms with Gasteiger partial charge in [0.25, 0.3) is 0 Å². The van der Waals surface area contributed by atoms with Gasteiger partial charge in [0.2, 0.25) is 5.91 Å². The lowest BCUT2D eigenvalue weighted by atomic mass is 9.95. The quantitative estimate of drug-likeness (QED) is 0.798. The molecule has 118 valence electrons. The maximum Gasteiger partial charge on any atom is 0.242 e. The summed E-state index contributed by atoms with van der Waals surface area (Å²) in [6, 6.07) is 10.1. The van der Waals surface area contributed by atoms with E-state index in [0.717, 1.165) is 18.5 Å². The van der Waals surface area contributed by atoms with Crippen LogP contribution in [0.4, 0.5) is 0 Å². The number of hydrogen-bond donors (Lipinski definition) is 1. The molecule has 0 saturated heterocycles. The van der Waals surface area contributed by atoms with Gasteiger partial charge in [-0.2, -0.15) is 0 Å². The number of carbonyl (C=O) groups is 1. The number of likely N-dealkylation sites (N-methyl/N-ethyl adjacent to an activating group) is 1. The second-order valence-electron chi connectivity index (χ2n) is 6.18. The minimum absolute atomic E-state index is 0.0371. The zero-order chi connectivity index (χ0) is 15.9. The molecular weight excluding hydrogens is 262 g/mol. The van der Waals surface area contributed by atoms with E-state index in [9.17, 15) is 4.79 Å². The number of amides is 1. The van der Waals surface area contributed by atoms with Crippen LogP contribution >= 0.6 is 0 Å². The minimum atomic E-state index is -0.782. The Morgan fingerprint density at radius 3 is 2.33 bits per heavy atom. The summed E-state index contributed by atoms with van der Waals surface area (Å²) >= 11 is 0. The van der Waals surface area contributed by atoms with Crippen molar-refractivity contribution in [2.75, 3.05) is 27.2 Å². The van der Waals surface area contributed by atoms with E-state index in [-0.39, 0.29) is 5.91 Å². The Hall–Kier alpha value is -1.39. The molecule has 0 aliphatic heterocycles. The molecule has 1 atom stereocenters. The highest BCUT2D eigenvalue weighted by atomic mass is 16.2. The van der Waals surface area contributed by atoms with E-state index in [0.29, 0.717) is 19.5 Å². The molecule has 0 aliphatic carbocycles. The number of nitrogens with zero attached hydrogens (tertiary/aromatic N) is 2. The van der Waals surface area contributed by atoms with Crippen LogP contribution in [0.1, 0.15) is 32.3 Å². The molecule has 1 amide bonds. The van der Waals surface area contributed by atoms with Gasteiger partial charge in [-0.1, -0.05) is 43.7 Å². The Labute approximate surface area is 128 Å². The third kappa shape index (κ3) is 5.86. The molecule has 0 bridgehead atoms. The Morgan fingerprint density at radius 1 is 1.19 bits per heavy atom. The van der Waals surface area contributed by atoms with E-state index in [1.54, 1.807) is 0 Å². The van der Waals surface area contributed by atoms with Crippen molar-refractivity contribution in [2.45, 2.75) is 38.8 Å². The Balaban J connectivity index is 2.83. The van der Waals surface area contributed by atoms with Crippen LogP contribution in [0.3, 0.4) is 0 Å². The fraction of sp³-hybridized carbons (Fsp3) is 0.588. The molecule has 0 aliphatic rings. The molecule has 0 heterocycles. The molecule has 0 spiro atoms. The normalized spacial score (nSPS) is 14.0. The van der Waals surface area contributed by atoms with Gasteiger partial charge in [0.1, 0.15) is 0 Å². The highest BCUT2D eigenvalue weighted by molar-refractivity contribution is 5.85. The molecule has 4 nitrogen and oxygen atoms in total. The maximum atomic E-state index is 12.8. The van der Waals surface area contributed by atoms with Crippen molar-refractivity contribution in [1.82, 2.24) is 9.80 Å². The Bertz CT molecular complexity index is 429. The molecule has 2 N–H and O–H groups in total. The third-order valence-corrected chi connectivity index (χ3v) is 3.58. The summed E-state index contributed by atoms with van der Waals surface area (Å²) in [6.45, 7) is 6.04. The first kappa shape index (κ1) is 17.7. The first-order valence-electron chi connectivity index (χ1n) is 7.63. The van der Waals surface area contributed by atoms with Gasteiger partial charge < -0.3 is 15.5 Å². The zero-order valence-corrected chi connectivity index (χ0v) is 13.8. The van der Waals surface area contributed by atoms with Gasteiger partial charge in [-0.15, -0.1) is 0 Å². The molecular formula is C17H29N3O. The van der Waals surface area contributed by atoms with Crippen LogP contribution < -0.4 is 5.73 Å². The van der Waals surface area contributed by atoms with Crippen molar-refractivity contribution >= 4 is 5.91 Å². The van der Waals surface area contributed by atoms with Crippen molar-refractivity contribution in [3.05, 3.63) is 35.9 Å². The first-order valence-corrected chi connectivity index (χ1v) is 7.63. The monoisotopic (exact) mass is 291 g/mol. The van der Waals surface area contributed by atoms with Crippen molar-refractivity contribution < 1.29 is 4.79 Å². The Morgan fingerprint density at radius 2 is 1.81 bits per heavy atom. The number of nitrogens with two attached hydrogens (primary N) is 1. The van der Waals surface area contributed by atoms with Crippen LogP contribution in [-0.2, 0) is 11.3 Å². The van der Waals surface area contributed by atoms with Crippen molar-refractivity contribution in [3.63, 3.8) is 0 Å². The first-order chi connectivity index (χ1) is 9.86. The molecule has 1 aromatic rings. The standard InChI is InChI=1S/C17H29N3O/c1-5-11-17(2,18)16(21)20(13-12-19(3)4)14-15-9-7-6-8-10-15/h6-10H,5,11-14,18H2,1-4H3. The van der Waals surface area contributed by atoms with E-state index in [4.69, 9.17) is 5.73 Å². The molecule has 1 unspecified atom stereocenters. The fourth-order valence-electron chi connectivity index (χ4n) is 2.36. The fourth-order valence-corrected chi connectivity index (χ4v) is 2.36. The van der Waals surface area contributed by atoms with E-state index >= 15 is 0 Å². The number of benzene rings is 1. The summed E-state index contributed by atoms with van der Waals surface area (Å²) in [7, 11) is 4.03. The summed E-state index contributed by atoms with van der Waals surface area (Å²) in [4.78, 5) is 16.7. The van der Waals surface area contributed by atoms with Crippen molar-refractivity contribution in [1.29, 1.82) is 0 Å². The van der Waals surface area contributed by atoms with E-state index < -0.39 is 5.54 Å². The summed E-state index contributed by atoms with van der Waals surface area (Å²) in [5.74, 6) is 0.0371. The van der Waals surface area contributed by atoms with Gasteiger partial charge in [-0.25, -0.2) is 0 Å². The highest BCUT2D eigenvalue weighted by Crippen LogP contribution is 2.15. The SMILES string of the molecule is CCCC(C)(N)C(=O)N(CCN(C)C)Cc1ccccc1. The highest BCUT2D eigenvalue weighted by Gasteiger charge is 2.31. The zero-order valence-electron chi connectivity index (χ0n) is 13.8. The van der Waals surface area contributed by atoms with Crippen LogP contribution in [0.2, 0.25) is 0 Å². The van der Waals surface area contributed by atoms with Crippen LogP contribution in [0.15, 0.2) is 30.3 Å². The molecule has 0 aromatic heterocycles. The molecule has 0 radical (unpaired) electrons. The lowest BCUT2D eigenvalue weighted by Crippen LogP contribution is -2.54. The summed E-state index contributed by atoms with van der Waals surface area (Å²) in [5.41, 5.74) is 6.58. The summed E-state index contributed by atoms with van der Waals surface area (Å²) in [5, 5.41) is 0. The van der Waals surface area contributed by atoms with Crippen molar-refractivity contribution in [3.8, 4) is 0 Å². The molecule has 1 aromatic carbocycles. The predicted octanol–water partition coefficient (Wildman–Crippen LogP) is 2.09. The van der Waals surface area contributed by atoms with Crippen LogP contribution in [-0.4, -0.2) is 48.4 Å². The lowest BCUT2D eigenvalue weighted by Gasteiger charge is -2.32. The average Bonchev–Trinajstić information content (AvgIpc) is 2.43. The molecule has 21 heavy (non-hydrogen) atoms. The van der Waals surface area contributed by atoms with Gasteiger partial charge in [-0.3, -0.25) is 4.79 Å². The van der Waals surface area contributed by atoms with Crippen LogP contribution in [0.25, 0.3) is 0 Å². The van der Waals surface area contributed by atoms with Gasteiger partial charge in [-0.05, 0) is 33.0 Å². The molecule has 0 saturated carbocycles.